The van der Waals surface area contributed by atoms with Crippen LogP contribution in [0.3, 0.4) is 0 Å². The zero-order valence-electron chi connectivity index (χ0n) is 11.5. The van der Waals surface area contributed by atoms with Gasteiger partial charge in [-0.15, -0.1) is 21.5 Å². The predicted molar refractivity (Wildman–Crippen MR) is 76.8 cm³/mol. The van der Waals surface area contributed by atoms with E-state index >= 15 is 0 Å². The highest BCUT2D eigenvalue weighted by atomic mass is 32.2. The lowest BCUT2D eigenvalue weighted by molar-refractivity contribution is 0.555. The summed E-state index contributed by atoms with van der Waals surface area (Å²) in [7, 11) is 0.0536. The Morgan fingerprint density at radius 2 is 2.25 bits per heavy atom. The quantitative estimate of drug-likeness (QED) is 0.816. The lowest BCUT2D eigenvalue weighted by Crippen LogP contribution is -2.28. The van der Waals surface area contributed by atoms with Gasteiger partial charge in [0.2, 0.25) is 0 Å². The number of rotatable bonds is 6. The van der Waals surface area contributed by atoms with Crippen LogP contribution in [0.1, 0.15) is 24.4 Å². The van der Waals surface area contributed by atoms with Crippen LogP contribution >= 0.6 is 11.3 Å². The minimum Gasteiger partial charge on any atom is -0.319 e. The zero-order valence-corrected chi connectivity index (χ0v) is 13.1. The zero-order chi connectivity index (χ0) is 14.8. The van der Waals surface area contributed by atoms with Gasteiger partial charge in [0, 0.05) is 13.6 Å². The van der Waals surface area contributed by atoms with Crippen LogP contribution in [0.15, 0.2) is 22.0 Å². The molecule has 2 rings (SSSR count). The van der Waals surface area contributed by atoms with Gasteiger partial charge in [-0.1, -0.05) is 0 Å². The smallest absolute Gasteiger partial charge is 0.250 e. The third kappa shape index (κ3) is 3.23. The van der Waals surface area contributed by atoms with E-state index in [-0.39, 0.29) is 0 Å². The van der Waals surface area contributed by atoms with Gasteiger partial charge in [-0.25, -0.2) is 13.1 Å². The Balaban J connectivity index is 2.16. The lowest BCUT2D eigenvalue weighted by atomic mass is 10.3. The summed E-state index contributed by atoms with van der Waals surface area (Å²) in [5.74, 6) is 0.570. The minimum atomic E-state index is -3.54. The van der Waals surface area contributed by atoms with Crippen molar-refractivity contribution < 1.29 is 8.42 Å². The fourth-order valence-electron chi connectivity index (χ4n) is 1.82. The maximum absolute atomic E-state index is 12.3. The van der Waals surface area contributed by atoms with Gasteiger partial charge in [0.05, 0.1) is 6.04 Å². The molecule has 0 aliphatic heterocycles. The normalized spacial score (nSPS) is 13.6. The second-order valence-electron chi connectivity index (χ2n) is 4.45. The van der Waals surface area contributed by atoms with Crippen molar-refractivity contribution in [1.29, 1.82) is 0 Å². The third-order valence-corrected chi connectivity index (χ3v) is 5.77. The van der Waals surface area contributed by atoms with E-state index in [1.807, 2.05) is 12.4 Å². The maximum Gasteiger partial charge on any atom is 0.250 e. The first kappa shape index (κ1) is 15.1. The average Bonchev–Trinajstić information content (AvgIpc) is 2.98. The highest BCUT2D eigenvalue weighted by molar-refractivity contribution is 7.91. The second kappa shape index (κ2) is 6.00. The highest BCUT2D eigenvalue weighted by Crippen LogP contribution is 2.22. The molecule has 0 fully saturated rings. The molecule has 0 spiro atoms. The van der Waals surface area contributed by atoms with Crippen LogP contribution in [-0.4, -0.2) is 30.2 Å². The van der Waals surface area contributed by atoms with E-state index in [1.165, 1.54) is 17.7 Å². The molecule has 1 atom stereocenters. The van der Waals surface area contributed by atoms with Crippen LogP contribution in [-0.2, 0) is 23.6 Å². The largest absolute Gasteiger partial charge is 0.319 e. The number of sulfonamides is 1. The molecule has 110 valence electrons. The lowest BCUT2D eigenvalue weighted by Gasteiger charge is -2.12. The molecule has 0 saturated carbocycles. The van der Waals surface area contributed by atoms with Crippen LogP contribution in [0.4, 0.5) is 0 Å². The maximum atomic E-state index is 12.3. The molecule has 7 nitrogen and oxygen atoms in total. The fourth-order valence-corrected chi connectivity index (χ4v) is 4.25. The van der Waals surface area contributed by atoms with E-state index in [4.69, 9.17) is 0 Å². The van der Waals surface area contributed by atoms with Crippen molar-refractivity contribution in [2.24, 2.45) is 7.05 Å². The van der Waals surface area contributed by atoms with Crippen molar-refractivity contribution in [3.05, 3.63) is 29.2 Å². The van der Waals surface area contributed by atoms with Gasteiger partial charge in [-0.2, -0.15) is 0 Å². The molecule has 2 N–H and O–H groups in total. The molecule has 2 aromatic heterocycles. The summed E-state index contributed by atoms with van der Waals surface area (Å²) in [5, 5.41) is 12.5. The molecule has 0 aliphatic rings. The van der Waals surface area contributed by atoms with Crippen molar-refractivity contribution in [3.63, 3.8) is 0 Å². The summed E-state index contributed by atoms with van der Waals surface area (Å²) in [6.07, 6.45) is 1.54. The average molecular weight is 315 g/mol. The predicted octanol–water partition coefficient (Wildman–Crippen LogP) is 0.635. The first-order valence-corrected chi connectivity index (χ1v) is 8.38. The van der Waals surface area contributed by atoms with Crippen molar-refractivity contribution in [3.8, 4) is 0 Å². The SMILES string of the molecule is CNCc1csc(S(=O)(=O)NC(C)c2nncn2C)c1. The Hall–Kier alpha value is -1.29. The molecule has 9 heteroatoms. The van der Waals surface area contributed by atoms with Crippen LogP contribution in [0.2, 0.25) is 0 Å². The van der Waals surface area contributed by atoms with Gasteiger partial charge >= 0.3 is 0 Å². The van der Waals surface area contributed by atoms with Gasteiger partial charge in [0.1, 0.15) is 16.4 Å². The summed E-state index contributed by atoms with van der Waals surface area (Å²) in [6, 6.07) is 1.23. The van der Waals surface area contributed by atoms with E-state index in [0.717, 1.165) is 5.56 Å². The van der Waals surface area contributed by atoms with E-state index in [1.54, 1.807) is 24.6 Å². The number of thiophene rings is 1. The Morgan fingerprint density at radius 3 is 2.85 bits per heavy atom. The molecule has 0 bridgehead atoms. The molecule has 0 radical (unpaired) electrons. The summed E-state index contributed by atoms with van der Waals surface area (Å²) in [6.45, 7) is 2.38. The fraction of sp³-hybridized carbons (Fsp3) is 0.455. The highest BCUT2D eigenvalue weighted by Gasteiger charge is 2.22. The molecule has 0 aliphatic carbocycles. The molecule has 1 unspecified atom stereocenters. The topological polar surface area (TPSA) is 88.9 Å². The van der Waals surface area contributed by atoms with E-state index in [9.17, 15) is 8.42 Å². The molecular formula is C11H17N5O2S2. The van der Waals surface area contributed by atoms with E-state index < -0.39 is 16.1 Å². The molecule has 20 heavy (non-hydrogen) atoms. The number of nitrogens with zero attached hydrogens (tertiary/aromatic N) is 3. The monoisotopic (exact) mass is 315 g/mol. The molecule has 0 aromatic carbocycles. The molecule has 0 saturated heterocycles. The number of aryl methyl sites for hydroxylation is 1. The van der Waals surface area contributed by atoms with Gasteiger partial charge in [-0.3, -0.25) is 0 Å². The van der Waals surface area contributed by atoms with Gasteiger partial charge < -0.3 is 9.88 Å². The molecular weight excluding hydrogens is 298 g/mol. The molecule has 2 heterocycles. The van der Waals surface area contributed by atoms with Gasteiger partial charge in [-0.05, 0) is 31.0 Å². The van der Waals surface area contributed by atoms with E-state index in [0.29, 0.717) is 16.6 Å². The van der Waals surface area contributed by atoms with Gasteiger partial charge in [0.15, 0.2) is 0 Å². The van der Waals surface area contributed by atoms with Crippen molar-refractivity contribution >= 4 is 21.4 Å². The minimum absolute atomic E-state index is 0.303. The molecule has 2 aromatic rings. The molecule has 0 amide bonds. The summed E-state index contributed by atoms with van der Waals surface area (Å²) >= 11 is 1.21. The van der Waals surface area contributed by atoms with E-state index in [2.05, 4.69) is 20.2 Å². The number of hydrogen-bond donors (Lipinski definition) is 2. The Kier molecular flexibility index (Phi) is 4.53. The first-order chi connectivity index (χ1) is 9.44. The number of hydrogen-bond acceptors (Lipinski definition) is 6. The Bertz CT molecular complexity index is 677. The first-order valence-electron chi connectivity index (χ1n) is 6.02. The van der Waals surface area contributed by atoms with Crippen LogP contribution in [0.25, 0.3) is 0 Å². The summed E-state index contributed by atoms with van der Waals surface area (Å²) in [4.78, 5) is 0. The summed E-state index contributed by atoms with van der Waals surface area (Å²) in [5.41, 5.74) is 0.948. The second-order valence-corrected chi connectivity index (χ2v) is 7.30. The van der Waals surface area contributed by atoms with Crippen molar-refractivity contribution in [2.75, 3.05) is 7.05 Å². The van der Waals surface area contributed by atoms with Gasteiger partial charge in [0.25, 0.3) is 10.0 Å². The third-order valence-electron chi connectivity index (χ3n) is 2.74. The standard InChI is InChI=1S/C11H17N5O2S2/c1-8(11-14-13-7-16(11)3)15-20(17,18)10-4-9(5-12-2)6-19-10/h4,6-8,12,15H,5H2,1-3H3. The Labute approximate surface area is 122 Å². The summed E-state index contributed by atoms with van der Waals surface area (Å²) < 4.78 is 29.2. The number of nitrogens with one attached hydrogen (secondary N) is 2. The Morgan fingerprint density at radius 1 is 1.50 bits per heavy atom. The van der Waals surface area contributed by atoms with Crippen LogP contribution in [0.5, 0.6) is 0 Å². The number of aromatic nitrogens is 3. The van der Waals surface area contributed by atoms with Crippen molar-refractivity contribution in [2.45, 2.75) is 23.7 Å². The van der Waals surface area contributed by atoms with Crippen LogP contribution < -0.4 is 10.0 Å². The van der Waals surface area contributed by atoms with Crippen LogP contribution in [0, 0.1) is 0 Å². The van der Waals surface area contributed by atoms with Crippen molar-refractivity contribution in [1.82, 2.24) is 24.8 Å².